The Morgan fingerprint density at radius 1 is 1.21 bits per heavy atom. The number of aromatic nitrogens is 2. The van der Waals surface area contributed by atoms with Gasteiger partial charge in [-0.05, 0) is 49.6 Å². The van der Waals surface area contributed by atoms with Crippen LogP contribution in [0.2, 0.25) is 0 Å². The summed E-state index contributed by atoms with van der Waals surface area (Å²) >= 11 is 0. The number of aromatic hydroxyl groups is 1. The van der Waals surface area contributed by atoms with E-state index in [1.54, 1.807) is 10.8 Å². The molecule has 1 saturated carbocycles. The van der Waals surface area contributed by atoms with Crippen molar-refractivity contribution < 1.29 is 18.6 Å². The SMILES string of the molecule is COc1ccc(F)cc1-c1c(F)ccc2c(N)c3c(O)n(C4CCC4)cc3nc12. The summed E-state index contributed by atoms with van der Waals surface area (Å²) in [6.07, 6.45) is 4.82. The van der Waals surface area contributed by atoms with Crippen molar-refractivity contribution in [3.8, 4) is 22.8 Å². The second-order valence-corrected chi connectivity index (χ2v) is 7.39. The number of nitrogens with zero attached hydrogens (tertiary/aromatic N) is 2. The molecule has 1 aliphatic carbocycles. The lowest BCUT2D eigenvalue weighted by molar-refractivity contribution is 0.283. The number of benzene rings is 2. The summed E-state index contributed by atoms with van der Waals surface area (Å²) < 4.78 is 36.0. The van der Waals surface area contributed by atoms with Gasteiger partial charge in [-0.1, -0.05) is 0 Å². The van der Waals surface area contributed by atoms with Gasteiger partial charge >= 0.3 is 0 Å². The molecular weight excluding hydrogens is 376 g/mol. The lowest BCUT2D eigenvalue weighted by atomic mass is 9.93. The van der Waals surface area contributed by atoms with E-state index < -0.39 is 11.6 Å². The fourth-order valence-corrected chi connectivity index (χ4v) is 4.07. The molecule has 1 fully saturated rings. The van der Waals surface area contributed by atoms with E-state index in [-0.39, 0.29) is 23.0 Å². The van der Waals surface area contributed by atoms with Crippen LogP contribution in [0, 0.1) is 11.6 Å². The van der Waals surface area contributed by atoms with E-state index in [1.165, 1.54) is 37.4 Å². The highest BCUT2D eigenvalue weighted by molar-refractivity contribution is 6.12. The molecule has 0 aliphatic heterocycles. The molecule has 29 heavy (non-hydrogen) atoms. The first kappa shape index (κ1) is 17.7. The molecule has 0 amide bonds. The van der Waals surface area contributed by atoms with Crippen molar-refractivity contribution in [2.24, 2.45) is 0 Å². The molecule has 1 aliphatic rings. The first-order valence-corrected chi connectivity index (χ1v) is 9.44. The molecule has 4 aromatic rings. The zero-order chi connectivity index (χ0) is 20.3. The maximum atomic E-state index is 14.9. The Kier molecular flexibility index (Phi) is 3.87. The topological polar surface area (TPSA) is 73.3 Å². The third-order valence-electron chi connectivity index (χ3n) is 5.80. The van der Waals surface area contributed by atoms with Crippen LogP contribution >= 0.6 is 0 Å². The van der Waals surface area contributed by atoms with Crippen LogP contribution in [-0.4, -0.2) is 21.8 Å². The minimum atomic E-state index is -0.560. The van der Waals surface area contributed by atoms with Crippen LogP contribution in [0.3, 0.4) is 0 Å². The summed E-state index contributed by atoms with van der Waals surface area (Å²) in [5, 5.41) is 11.7. The lowest BCUT2D eigenvalue weighted by Crippen LogP contribution is -2.15. The first-order valence-electron chi connectivity index (χ1n) is 9.44. The smallest absolute Gasteiger partial charge is 0.203 e. The van der Waals surface area contributed by atoms with E-state index in [0.29, 0.717) is 33.2 Å². The van der Waals surface area contributed by atoms with Gasteiger partial charge in [-0.25, -0.2) is 13.8 Å². The Bertz CT molecular complexity index is 1280. The molecular formula is C22H19F2N3O2. The highest BCUT2D eigenvalue weighted by atomic mass is 19.1. The molecule has 7 heteroatoms. The van der Waals surface area contributed by atoms with Gasteiger partial charge in [0.25, 0.3) is 0 Å². The summed E-state index contributed by atoms with van der Waals surface area (Å²) in [7, 11) is 1.44. The Labute approximate surface area is 165 Å². The molecule has 0 bridgehead atoms. The summed E-state index contributed by atoms with van der Waals surface area (Å²) in [5.41, 5.74) is 7.84. The number of hydrogen-bond acceptors (Lipinski definition) is 4. The molecule has 0 unspecified atom stereocenters. The van der Waals surface area contributed by atoms with Crippen molar-refractivity contribution >= 4 is 27.5 Å². The standard InChI is InChI=1S/C22H19F2N3O2/c1-29-17-8-5-11(23)9-14(17)18-15(24)7-6-13-20(25)19-16(26-21(13)18)10-27(22(19)28)12-3-2-4-12/h5-10,12,28H,2-4,25H2,1H3. The van der Waals surface area contributed by atoms with Crippen molar-refractivity contribution in [1.29, 1.82) is 0 Å². The fraction of sp³-hybridized carbons (Fsp3) is 0.227. The number of halogens is 2. The van der Waals surface area contributed by atoms with E-state index in [0.717, 1.165) is 19.3 Å². The van der Waals surface area contributed by atoms with Crippen molar-refractivity contribution in [3.05, 3.63) is 48.2 Å². The van der Waals surface area contributed by atoms with Gasteiger partial charge in [0.2, 0.25) is 5.88 Å². The van der Waals surface area contributed by atoms with E-state index in [4.69, 9.17) is 10.5 Å². The molecule has 148 valence electrons. The fourth-order valence-electron chi connectivity index (χ4n) is 4.07. The first-order chi connectivity index (χ1) is 14.0. The van der Waals surface area contributed by atoms with Crippen LogP contribution in [0.25, 0.3) is 32.9 Å². The Morgan fingerprint density at radius 3 is 2.69 bits per heavy atom. The summed E-state index contributed by atoms with van der Waals surface area (Å²) in [4.78, 5) is 4.62. The Balaban J connectivity index is 1.86. The maximum absolute atomic E-state index is 14.9. The maximum Gasteiger partial charge on any atom is 0.203 e. The molecule has 0 atom stereocenters. The minimum Gasteiger partial charge on any atom is -0.496 e. The van der Waals surface area contributed by atoms with Gasteiger partial charge in [0, 0.05) is 28.8 Å². The van der Waals surface area contributed by atoms with Gasteiger partial charge in [-0.2, -0.15) is 0 Å². The highest BCUT2D eigenvalue weighted by Gasteiger charge is 2.26. The number of nitrogens with two attached hydrogens (primary N) is 1. The van der Waals surface area contributed by atoms with Crippen molar-refractivity contribution in [3.63, 3.8) is 0 Å². The summed E-state index contributed by atoms with van der Waals surface area (Å²) in [5.74, 6) is -0.672. The number of fused-ring (bicyclic) bond motifs is 2. The number of ether oxygens (including phenoxy) is 1. The van der Waals surface area contributed by atoms with Crippen LogP contribution in [0.5, 0.6) is 11.6 Å². The molecule has 5 rings (SSSR count). The Morgan fingerprint density at radius 2 is 2.00 bits per heavy atom. The zero-order valence-electron chi connectivity index (χ0n) is 15.7. The predicted octanol–water partition coefficient (Wildman–Crippen LogP) is 5.16. The van der Waals surface area contributed by atoms with E-state index >= 15 is 0 Å². The van der Waals surface area contributed by atoms with Crippen molar-refractivity contribution in [2.75, 3.05) is 12.8 Å². The number of hydrogen-bond donors (Lipinski definition) is 2. The largest absolute Gasteiger partial charge is 0.496 e. The van der Waals surface area contributed by atoms with Gasteiger partial charge in [0.05, 0.1) is 29.2 Å². The van der Waals surface area contributed by atoms with Crippen molar-refractivity contribution in [2.45, 2.75) is 25.3 Å². The lowest BCUT2D eigenvalue weighted by Gasteiger charge is -2.27. The van der Waals surface area contributed by atoms with Crippen LogP contribution in [0.1, 0.15) is 25.3 Å². The molecule has 0 saturated heterocycles. The summed E-state index contributed by atoms with van der Waals surface area (Å²) in [6, 6.07) is 6.93. The quantitative estimate of drug-likeness (QED) is 0.503. The average molecular weight is 395 g/mol. The second kappa shape index (κ2) is 6.34. The number of pyridine rings is 1. The van der Waals surface area contributed by atoms with Gasteiger partial charge < -0.3 is 20.1 Å². The van der Waals surface area contributed by atoms with Crippen LogP contribution in [-0.2, 0) is 0 Å². The zero-order valence-corrected chi connectivity index (χ0v) is 15.7. The second-order valence-electron chi connectivity index (χ2n) is 7.39. The van der Waals surface area contributed by atoms with Gasteiger partial charge in [0.1, 0.15) is 17.4 Å². The number of rotatable bonds is 3. The predicted molar refractivity (Wildman–Crippen MR) is 108 cm³/mol. The van der Waals surface area contributed by atoms with Gasteiger partial charge in [0.15, 0.2) is 0 Å². The van der Waals surface area contributed by atoms with Gasteiger partial charge in [-0.3, -0.25) is 0 Å². The normalized spacial score (nSPS) is 14.4. The number of anilines is 1. The third kappa shape index (κ3) is 2.53. The Hall–Kier alpha value is -3.35. The van der Waals surface area contributed by atoms with E-state index in [2.05, 4.69) is 4.98 Å². The molecule has 2 heterocycles. The van der Waals surface area contributed by atoms with Crippen LogP contribution in [0.4, 0.5) is 14.5 Å². The summed E-state index contributed by atoms with van der Waals surface area (Å²) in [6.45, 7) is 0. The van der Waals surface area contributed by atoms with Crippen molar-refractivity contribution in [1.82, 2.24) is 9.55 Å². The third-order valence-corrected chi connectivity index (χ3v) is 5.80. The minimum absolute atomic E-state index is 0.0748. The number of methoxy groups -OCH3 is 1. The number of nitrogen functional groups attached to an aromatic ring is 1. The molecule has 0 radical (unpaired) electrons. The average Bonchev–Trinajstić information content (AvgIpc) is 2.96. The van der Waals surface area contributed by atoms with Gasteiger partial charge in [-0.15, -0.1) is 0 Å². The van der Waals surface area contributed by atoms with E-state index in [1.807, 2.05) is 0 Å². The molecule has 5 nitrogen and oxygen atoms in total. The monoisotopic (exact) mass is 395 g/mol. The highest BCUT2D eigenvalue weighted by Crippen LogP contribution is 2.44. The molecule has 0 spiro atoms. The molecule has 3 N–H and O–H groups in total. The van der Waals surface area contributed by atoms with E-state index in [9.17, 15) is 13.9 Å². The van der Waals surface area contributed by atoms with Crippen LogP contribution < -0.4 is 10.5 Å². The molecule has 2 aromatic heterocycles. The molecule has 2 aromatic carbocycles. The van der Waals surface area contributed by atoms with Crippen LogP contribution in [0.15, 0.2) is 36.5 Å².